The highest BCUT2D eigenvalue weighted by Crippen LogP contribution is 2.14. The molecule has 0 radical (unpaired) electrons. The van der Waals surface area contributed by atoms with E-state index in [4.69, 9.17) is 5.26 Å². The minimum atomic E-state index is -0.853. The van der Waals surface area contributed by atoms with Crippen LogP contribution < -0.4 is 10.6 Å². The number of nitriles is 1. The van der Waals surface area contributed by atoms with E-state index in [0.717, 1.165) is 12.1 Å². The van der Waals surface area contributed by atoms with Gasteiger partial charge in [-0.05, 0) is 19.1 Å². The maximum Gasteiger partial charge on any atom is 0.319 e. The highest BCUT2D eigenvalue weighted by molar-refractivity contribution is 5.89. The smallest absolute Gasteiger partial charge is 0.319 e. The third-order valence-corrected chi connectivity index (χ3v) is 1.97. The van der Waals surface area contributed by atoms with Crippen LogP contribution in [0.4, 0.5) is 19.3 Å². The number of halogens is 2. The Balaban J connectivity index is 2.54. The van der Waals surface area contributed by atoms with Crippen molar-refractivity contribution >= 4 is 11.7 Å². The molecule has 0 unspecified atom stereocenters. The highest BCUT2D eigenvalue weighted by Gasteiger charge is 2.08. The van der Waals surface area contributed by atoms with E-state index in [1.54, 1.807) is 6.92 Å². The lowest BCUT2D eigenvalue weighted by Crippen LogP contribution is -2.32. The topological polar surface area (TPSA) is 64.9 Å². The molecule has 4 nitrogen and oxygen atoms in total. The van der Waals surface area contributed by atoms with E-state index < -0.39 is 17.7 Å². The van der Waals surface area contributed by atoms with Gasteiger partial charge >= 0.3 is 6.03 Å². The van der Waals surface area contributed by atoms with Gasteiger partial charge in [0.25, 0.3) is 0 Å². The monoisotopic (exact) mass is 239 g/mol. The average molecular weight is 239 g/mol. The second kappa shape index (κ2) is 5.80. The molecular formula is C11H11F2N3O. The number of hydrogen-bond acceptors (Lipinski definition) is 2. The zero-order valence-electron chi connectivity index (χ0n) is 9.13. The van der Waals surface area contributed by atoms with Crippen LogP contribution >= 0.6 is 0 Å². The van der Waals surface area contributed by atoms with Gasteiger partial charge in [0.05, 0.1) is 17.7 Å². The summed E-state index contributed by atoms with van der Waals surface area (Å²) in [6.45, 7) is 1.80. The molecule has 0 bridgehead atoms. The summed E-state index contributed by atoms with van der Waals surface area (Å²) in [4.78, 5) is 11.3. The zero-order valence-corrected chi connectivity index (χ0v) is 9.13. The molecule has 1 aromatic carbocycles. The Hall–Kier alpha value is -2.16. The molecule has 0 aliphatic heterocycles. The van der Waals surface area contributed by atoms with Gasteiger partial charge in [-0.1, -0.05) is 0 Å². The van der Waals surface area contributed by atoms with Crippen molar-refractivity contribution in [1.82, 2.24) is 5.32 Å². The number of hydrogen-bond donors (Lipinski definition) is 2. The normalized spacial score (nSPS) is 11.4. The summed E-state index contributed by atoms with van der Waals surface area (Å²) < 4.78 is 25.7. The molecule has 0 spiro atoms. The molecule has 2 N–H and O–H groups in total. The van der Waals surface area contributed by atoms with E-state index in [1.807, 2.05) is 6.07 Å². The summed E-state index contributed by atoms with van der Waals surface area (Å²) >= 11 is 0. The van der Waals surface area contributed by atoms with Crippen molar-refractivity contribution in [2.45, 2.75) is 6.92 Å². The van der Waals surface area contributed by atoms with E-state index in [1.165, 1.54) is 0 Å². The van der Waals surface area contributed by atoms with Gasteiger partial charge in [-0.3, -0.25) is 0 Å². The Morgan fingerprint density at radius 2 is 2.24 bits per heavy atom. The number of nitrogens with zero attached hydrogens (tertiary/aromatic N) is 1. The lowest BCUT2D eigenvalue weighted by molar-refractivity contribution is 0.251. The first-order chi connectivity index (χ1) is 8.02. The maximum atomic E-state index is 13.1. The quantitative estimate of drug-likeness (QED) is 0.849. The summed E-state index contributed by atoms with van der Waals surface area (Å²) in [5.74, 6) is -1.90. The Bertz CT molecular complexity index is 457. The molecule has 0 fully saturated rings. The van der Waals surface area contributed by atoms with Crippen LogP contribution in [0.2, 0.25) is 0 Å². The van der Waals surface area contributed by atoms with Gasteiger partial charge in [-0.25, -0.2) is 13.6 Å². The molecule has 0 aliphatic carbocycles. The Morgan fingerprint density at radius 1 is 1.53 bits per heavy atom. The first-order valence-electron chi connectivity index (χ1n) is 4.92. The predicted molar refractivity (Wildman–Crippen MR) is 58.2 cm³/mol. The first-order valence-corrected chi connectivity index (χ1v) is 4.92. The van der Waals surface area contributed by atoms with Crippen LogP contribution in [-0.4, -0.2) is 12.6 Å². The number of nitrogens with one attached hydrogen (secondary N) is 2. The summed E-state index contributed by atoms with van der Waals surface area (Å²) in [6, 6.07) is 4.13. The molecule has 1 rings (SSSR count). The average Bonchev–Trinajstić information content (AvgIpc) is 2.29. The van der Waals surface area contributed by atoms with E-state index >= 15 is 0 Å². The van der Waals surface area contributed by atoms with Crippen molar-refractivity contribution < 1.29 is 13.6 Å². The molecule has 90 valence electrons. The molecule has 0 aromatic heterocycles. The van der Waals surface area contributed by atoms with Gasteiger partial charge in [-0.15, -0.1) is 0 Å². The molecule has 0 heterocycles. The van der Waals surface area contributed by atoms with E-state index in [-0.39, 0.29) is 18.2 Å². The van der Waals surface area contributed by atoms with Crippen molar-refractivity contribution in [3.8, 4) is 6.07 Å². The third kappa shape index (κ3) is 4.07. The summed E-state index contributed by atoms with van der Waals surface area (Å²) in [6.07, 6.45) is 0. The molecule has 6 heteroatoms. The van der Waals surface area contributed by atoms with Gasteiger partial charge in [0, 0.05) is 12.6 Å². The summed E-state index contributed by atoms with van der Waals surface area (Å²) in [5.41, 5.74) is -0.117. The SMILES string of the molecule is C[C@H](C#N)CNC(=O)Nc1ccc(F)cc1F. The predicted octanol–water partition coefficient (Wildman–Crippen LogP) is 2.25. The van der Waals surface area contributed by atoms with Gasteiger partial charge in [-0.2, -0.15) is 5.26 Å². The molecule has 0 aliphatic rings. The Labute approximate surface area is 97.2 Å². The second-order valence-electron chi connectivity index (χ2n) is 3.49. The Morgan fingerprint density at radius 3 is 2.82 bits per heavy atom. The minimum absolute atomic E-state index is 0.117. The largest absolute Gasteiger partial charge is 0.337 e. The number of carbonyl (C=O) groups excluding carboxylic acids is 1. The summed E-state index contributed by atoms with van der Waals surface area (Å²) in [7, 11) is 0. The lowest BCUT2D eigenvalue weighted by Gasteiger charge is -2.08. The fourth-order valence-corrected chi connectivity index (χ4v) is 1.05. The van der Waals surface area contributed by atoms with Gasteiger partial charge in [0.1, 0.15) is 11.6 Å². The summed E-state index contributed by atoms with van der Waals surface area (Å²) in [5, 5.41) is 13.1. The van der Waals surface area contributed by atoms with E-state index in [0.29, 0.717) is 6.07 Å². The molecule has 1 atom stereocenters. The molecule has 2 amide bonds. The molecular weight excluding hydrogens is 228 g/mol. The standard InChI is InChI=1S/C11H11F2N3O/c1-7(5-14)6-15-11(17)16-10-3-2-8(12)4-9(10)13/h2-4,7H,6H2,1H3,(H2,15,16,17)/t7-/m1/s1. The minimum Gasteiger partial charge on any atom is -0.337 e. The number of rotatable bonds is 3. The molecule has 0 saturated heterocycles. The molecule has 17 heavy (non-hydrogen) atoms. The second-order valence-corrected chi connectivity index (χ2v) is 3.49. The van der Waals surface area contributed by atoms with Crippen molar-refractivity contribution in [2.24, 2.45) is 5.92 Å². The van der Waals surface area contributed by atoms with Gasteiger partial charge in [0.2, 0.25) is 0 Å². The number of carbonyl (C=O) groups is 1. The number of benzene rings is 1. The van der Waals surface area contributed by atoms with Crippen molar-refractivity contribution in [1.29, 1.82) is 5.26 Å². The highest BCUT2D eigenvalue weighted by atomic mass is 19.1. The van der Waals surface area contributed by atoms with Crippen LogP contribution in [0.1, 0.15) is 6.92 Å². The van der Waals surface area contributed by atoms with Crippen LogP contribution in [-0.2, 0) is 0 Å². The number of urea groups is 1. The van der Waals surface area contributed by atoms with Crippen LogP contribution in [0.25, 0.3) is 0 Å². The zero-order chi connectivity index (χ0) is 12.8. The number of anilines is 1. The van der Waals surface area contributed by atoms with Crippen molar-refractivity contribution in [3.05, 3.63) is 29.8 Å². The van der Waals surface area contributed by atoms with E-state index in [9.17, 15) is 13.6 Å². The Kier molecular flexibility index (Phi) is 4.40. The molecule has 0 saturated carbocycles. The van der Waals surface area contributed by atoms with Crippen LogP contribution in [0.5, 0.6) is 0 Å². The number of amides is 2. The van der Waals surface area contributed by atoms with Crippen LogP contribution in [0.15, 0.2) is 18.2 Å². The lowest BCUT2D eigenvalue weighted by atomic mass is 10.2. The van der Waals surface area contributed by atoms with Gasteiger partial charge in [0.15, 0.2) is 0 Å². The third-order valence-electron chi connectivity index (χ3n) is 1.97. The maximum absolute atomic E-state index is 13.1. The fraction of sp³-hybridized carbons (Fsp3) is 0.273. The van der Waals surface area contributed by atoms with Gasteiger partial charge < -0.3 is 10.6 Å². The van der Waals surface area contributed by atoms with Crippen LogP contribution in [0, 0.1) is 28.9 Å². The van der Waals surface area contributed by atoms with E-state index in [2.05, 4.69) is 10.6 Å². The van der Waals surface area contributed by atoms with Crippen molar-refractivity contribution in [3.63, 3.8) is 0 Å². The fourth-order valence-electron chi connectivity index (χ4n) is 1.05. The molecule has 1 aromatic rings. The van der Waals surface area contributed by atoms with Crippen LogP contribution in [0.3, 0.4) is 0 Å². The first kappa shape index (κ1) is 12.9. The van der Waals surface area contributed by atoms with Crippen molar-refractivity contribution in [2.75, 3.05) is 11.9 Å².